The number of benzene rings is 1. The Morgan fingerprint density at radius 1 is 1.09 bits per heavy atom. The highest BCUT2D eigenvalue weighted by Crippen LogP contribution is 2.24. The fraction of sp³-hybridized carbons (Fsp3) is 0.353. The molecule has 0 aliphatic carbocycles. The van der Waals surface area contributed by atoms with Crippen molar-refractivity contribution in [1.82, 2.24) is 19.5 Å². The van der Waals surface area contributed by atoms with Gasteiger partial charge in [0.05, 0.1) is 12.8 Å². The third-order valence-corrected chi connectivity index (χ3v) is 3.50. The van der Waals surface area contributed by atoms with E-state index in [9.17, 15) is 0 Å². The number of hydrogen-bond acceptors (Lipinski definition) is 5. The molecular formula is C17H20N4O2. The Hall–Kier alpha value is -2.63. The molecule has 6 nitrogen and oxygen atoms in total. The van der Waals surface area contributed by atoms with Crippen LogP contribution in [0, 0.1) is 0 Å². The zero-order valence-corrected chi connectivity index (χ0v) is 13.6. The smallest absolute Gasteiger partial charge is 0.324 e. The number of hydrogen-bond donors (Lipinski definition) is 0. The standard InChI is InChI=1S/C17H20N4O2/c1-4-15-19-14-11-18-17(20-16(14)21(15)5-2)23-13-9-7-8-12(10-13)22-6-3/h7-11H,4-6H2,1-3H3. The lowest BCUT2D eigenvalue weighted by Crippen LogP contribution is -2.02. The summed E-state index contributed by atoms with van der Waals surface area (Å²) in [5.74, 6) is 2.42. The van der Waals surface area contributed by atoms with Crippen LogP contribution in [0.15, 0.2) is 30.5 Å². The van der Waals surface area contributed by atoms with E-state index in [0.29, 0.717) is 18.4 Å². The maximum Gasteiger partial charge on any atom is 0.324 e. The van der Waals surface area contributed by atoms with Gasteiger partial charge in [0.15, 0.2) is 5.65 Å². The van der Waals surface area contributed by atoms with Crippen LogP contribution in [-0.2, 0) is 13.0 Å². The molecule has 23 heavy (non-hydrogen) atoms. The second-order valence-corrected chi connectivity index (χ2v) is 5.00. The highest BCUT2D eigenvalue weighted by atomic mass is 16.5. The molecule has 0 amide bonds. The first-order valence-electron chi connectivity index (χ1n) is 7.88. The highest BCUT2D eigenvalue weighted by molar-refractivity contribution is 5.70. The van der Waals surface area contributed by atoms with Crippen LogP contribution in [0.3, 0.4) is 0 Å². The number of nitrogens with zero attached hydrogens (tertiary/aromatic N) is 4. The van der Waals surface area contributed by atoms with Gasteiger partial charge in [-0.05, 0) is 26.0 Å². The summed E-state index contributed by atoms with van der Waals surface area (Å²) in [4.78, 5) is 13.3. The molecule has 0 atom stereocenters. The first-order chi connectivity index (χ1) is 11.2. The van der Waals surface area contributed by atoms with Gasteiger partial charge in [0.1, 0.15) is 22.8 Å². The van der Waals surface area contributed by atoms with E-state index in [2.05, 4.69) is 33.4 Å². The van der Waals surface area contributed by atoms with Crippen LogP contribution in [0.5, 0.6) is 17.5 Å². The molecule has 0 saturated heterocycles. The van der Waals surface area contributed by atoms with Gasteiger partial charge < -0.3 is 14.0 Å². The topological polar surface area (TPSA) is 62.1 Å². The van der Waals surface area contributed by atoms with E-state index in [-0.39, 0.29) is 0 Å². The Labute approximate surface area is 135 Å². The van der Waals surface area contributed by atoms with Gasteiger partial charge >= 0.3 is 6.01 Å². The minimum absolute atomic E-state index is 0.309. The van der Waals surface area contributed by atoms with E-state index in [1.165, 1.54) is 0 Å². The Kier molecular flexibility index (Phi) is 4.41. The van der Waals surface area contributed by atoms with Crippen LogP contribution in [0.4, 0.5) is 0 Å². The molecule has 0 fully saturated rings. The van der Waals surface area contributed by atoms with Gasteiger partial charge in [-0.1, -0.05) is 13.0 Å². The van der Waals surface area contributed by atoms with Gasteiger partial charge in [0, 0.05) is 19.0 Å². The average molecular weight is 312 g/mol. The van der Waals surface area contributed by atoms with Gasteiger partial charge in [-0.2, -0.15) is 4.98 Å². The number of aryl methyl sites for hydroxylation is 2. The molecule has 2 aromatic heterocycles. The lowest BCUT2D eigenvalue weighted by Gasteiger charge is -2.07. The summed E-state index contributed by atoms with van der Waals surface area (Å²) in [5, 5.41) is 0. The van der Waals surface area contributed by atoms with Crippen molar-refractivity contribution in [3.05, 3.63) is 36.3 Å². The summed E-state index contributed by atoms with van der Waals surface area (Å²) < 4.78 is 13.3. The summed E-state index contributed by atoms with van der Waals surface area (Å²) in [6, 6.07) is 7.75. The third kappa shape index (κ3) is 3.11. The molecule has 0 aliphatic rings. The first-order valence-corrected chi connectivity index (χ1v) is 7.88. The molecule has 0 aliphatic heterocycles. The van der Waals surface area contributed by atoms with Crippen molar-refractivity contribution in [3.63, 3.8) is 0 Å². The molecule has 120 valence electrons. The van der Waals surface area contributed by atoms with Crippen LogP contribution in [0.25, 0.3) is 11.2 Å². The van der Waals surface area contributed by atoms with Crippen LogP contribution in [-0.4, -0.2) is 26.1 Å². The Bertz CT molecular complexity index is 813. The third-order valence-electron chi connectivity index (χ3n) is 3.50. The van der Waals surface area contributed by atoms with Crippen LogP contribution in [0.1, 0.15) is 26.6 Å². The molecule has 0 radical (unpaired) electrons. The Balaban J connectivity index is 1.92. The van der Waals surface area contributed by atoms with Gasteiger partial charge in [0.2, 0.25) is 0 Å². The van der Waals surface area contributed by atoms with Crippen molar-refractivity contribution in [1.29, 1.82) is 0 Å². The molecule has 6 heteroatoms. The zero-order chi connectivity index (χ0) is 16.2. The van der Waals surface area contributed by atoms with Crippen molar-refractivity contribution >= 4 is 11.2 Å². The number of rotatable bonds is 6. The first kappa shape index (κ1) is 15.3. The van der Waals surface area contributed by atoms with Crippen molar-refractivity contribution in [3.8, 4) is 17.5 Å². The lowest BCUT2D eigenvalue weighted by atomic mass is 10.3. The Morgan fingerprint density at radius 3 is 2.65 bits per heavy atom. The highest BCUT2D eigenvalue weighted by Gasteiger charge is 2.12. The predicted molar refractivity (Wildman–Crippen MR) is 88.1 cm³/mol. The summed E-state index contributed by atoms with van der Waals surface area (Å²) in [5.41, 5.74) is 1.59. The lowest BCUT2D eigenvalue weighted by molar-refractivity contribution is 0.337. The second kappa shape index (κ2) is 6.64. The molecule has 2 heterocycles. The molecule has 3 rings (SSSR count). The Morgan fingerprint density at radius 2 is 1.91 bits per heavy atom. The van der Waals surface area contributed by atoms with Crippen LogP contribution < -0.4 is 9.47 Å². The van der Waals surface area contributed by atoms with E-state index in [1.807, 2.05) is 31.2 Å². The van der Waals surface area contributed by atoms with Gasteiger partial charge in [-0.15, -0.1) is 0 Å². The fourth-order valence-corrected chi connectivity index (χ4v) is 2.50. The normalized spacial score (nSPS) is 10.9. The quantitative estimate of drug-likeness (QED) is 0.696. The number of imidazole rings is 1. The largest absolute Gasteiger partial charge is 0.494 e. The molecule has 1 aromatic carbocycles. The molecule has 3 aromatic rings. The molecular weight excluding hydrogens is 292 g/mol. The number of aromatic nitrogens is 4. The van der Waals surface area contributed by atoms with E-state index in [4.69, 9.17) is 9.47 Å². The summed E-state index contributed by atoms with van der Waals surface area (Å²) in [6.45, 7) is 7.53. The van der Waals surface area contributed by atoms with Crippen LogP contribution >= 0.6 is 0 Å². The van der Waals surface area contributed by atoms with Gasteiger partial charge in [0.25, 0.3) is 0 Å². The maximum atomic E-state index is 5.77. The van der Waals surface area contributed by atoms with Gasteiger partial charge in [-0.25, -0.2) is 9.97 Å². The van der Waals surface area contributed by atoms with Crippen molar-refractivity contribution in [2.45, 2.75) is 33.7 Å². The zero-order valence-electron chi connectivity index (χ0n) is 13.6. The number of ether oxygens (including phenoxy) is 2. The van der Waals surface area contributed by atoms with E-state index in [1.54, 1.807) is 6.20 Å². The van der Waals surface area contributed by atoms with Crippen molar-refractivity contribution in [2.75, 3.05) is 6.61 Å². The minimum atomic E-state index is 0.309. The monoisotopic (exact) mass is 312 g/mol. The van der Waals surface area contributed by atoms with E-state index >= 15 is 0 Å². The molecule has 0 unspecified atom stereocenters. The summed E-state index contributed by atoms with van der Waals surface area (Å²) >= 11 is 0. The molecule has 0 N–H and O–H groups in total. The molecule has 0 spiro atoms. The van der Waals surface area contributed by atoms with E-state index < -0.39 is 0 Å². The maximum absolute atomic E-state index is 5.77. The average Bonchev–Trinajstić information content (AvgIpc) is 2.92. The second-order valence-electron chi connectivity index (χ2n) is 5.00. The van der Waals surface area contributed by atoms with E-state index in [0.717, 1.165) is 35.7 Å². The van der Waals surface area contributed by atoms with Crippen molar-refractivity contribution in [2.24, 2.45) is 0 Å². The summed E-state index contributed by atoms with van der Waals surface area (Å²) in [7, 11) is 0. The van der Waals surface area contributed by atoms with Gasteiger partial charge in [-0.3, -0.25) is 0 Å². The molecule has 0 saturated carbocycles. The predicted octanol–water partition coefficient (Wildman–Crippen LogP) is 3.60. The minimum Gasteiger partial charge on any atom is -0.494 e. The fourth-order valence-electron chi connectivity index (χ4n) is 2.50. The van der Waals surface area contributed by atoms with Crippen LogP contribution in [0.2, 0.25) is 0 Å². The molecule has 0 bridgehead atoms. The van der Waals surface area contributed by atoms with Crippen molar-refractivity contribution < 1.29 is 9.47 Å². The summed E-state index contributed by atoms with van der Waals surface area (Å²) in [6.07, 6.45) is 2.56. The SMILES string of the molecule is CCOc1cccc(Oc2ncc3nc(CC)n(CC)c3n2)c1. The number of fused-ring (bicyclic) bond motifs is 1.